The number of hydrogen-bond donors (Lipinski definition) is 2. The molecule has 0 saturated heterocycles. The van der Waals surface area contributed by atoms with Crippen molar-refractivity contribution in [2.75, 3.05) is 54.2 Å². The second-order valence-electron chi connectivity index (χ2n) is 5.09. The number of ether oxygens (including phenoxy) is 3. The minimum absolute atomic E-state index is 0.630. The first kappa shape index (κ1) is 20.5. The summed E-state index contributed by atoms with van der Waals surface area (Å²) in [5, 5.41) is 7.24. The minimum Gasteiger partial charge on any atom is -0.497 e. The molecular formula is C17H28ClN3O3. The quantitative estimate of drug-likeness (QED) is 0.361. The second-order valence-corrected chi connectivity index (χ2v) is 5.50. The van der Waals surface area contributed by atoms with Crippen molar-refractivity contribution in [1.82, 2.24) is 10.6 Å². The van der Waals surface area contributed by atoms with Gasteiger partial charge < -0.3 is 24.8 Å². The average Bonchev–Trinajstić information content (AvgIpc) is 2.60. The lowest BCUT2D eigenvalue weighted by atomic mass is 10.1. The van der Waals surface area contributed by atoms with Gasteiger partial charge in [0.05, 0.1) is 20.3 Å². The molecule has 0 aliphatic carbocycles. The molecule has 7 heteroatoms. The van der Waals surface area contributed by atoms with E-state index in [1.165, 1.54) is 0 Å². The van der Waals surface area contributed by atoms with E-state index in [0.29, 0.717) is 24.8 Å². The predicted molar refractivity (Wildman–Crippen MR) is 98.4 cm³/mol. The van der Waals surface area contributed by atoms with E-state index in [9.17, 15) is 0 Å². The molecule has 0 fully saturated rings. The van der Waals surface area contributed by atoms with Gasteiger partial charge in [-0.25, -0.2) is 0 Å². The Bertz CT molecular complexity index is 498. The van der Waals surface area contributed by atoms with Gasteiger partial charge in [0.2, 0.25) is 0 Å². The monoisotopic (exact) mass is 357 g/mol. The number of nitrogens with one attached hydrogen (secondary N) is 2. The van der Waals surface area contributed by atoms with Crippen molar-refractivity contribution in [1.29, 1.82) is 0 Å². The number of nitrogens with zero attached hydrogens (tertiary/aromatic N) is 1. The van der Waals surface area contributed by atoms with Crippen molar-refractivity contribution < 1.29 is 14.2 Å². The highest BCUT2D eigenvalue weighted by molar-refractivity contribution is 6.31. The molecule has 0 spiro atoms. The molecule has 1 aromatic rings. The maximum absolute atomic E-state index is 6.24. The van der Waals surface area contributed by atoms with E-state index in [-0.39, 0.29) is 0 Å². The Kier molecular flexibility index (Phi) is 11.0. The summed E-state index contributed by atoms with van der Waals surface area (Å²) < 4.78 is 15.5. The van der Waals surface area contributed by atoms with Crippen molar-refractivity contribution >= 4 is 17.6 Å². The number of rotatable bonds is 11. The van der Waals surface area contributed by atoms with Crippen LogP contribution >= 0.6 is 11.6 Å². The molecule has 24 heavy (non-hydrogen) atoms. The number of guanidine groups is 1. The van der Waals surface area contributed by atoms with E-state index in [0.717, 1.165) is 43.2 Å². The standard InChI is InChI=1S/C17H28ClN3O3/c1-19-17(20-8-4-10-24-12-11-22-2)21-9-7-14-5-6-15(23-3)13-16(14)18/h5-6,13H,4,7-12H2,1-3H3,(H2,19,20,21). The fourth-order valence-corrected chi connectivity index (χ4v) is 2.28. The molecule has 0 amide bonds. The van der Waals surface area contributed by atoms with Crippen LogP contribution in [0.5, 0.6) is 5.75 Å². The van der Waals surface area contributed by atoms with Crippen LogP contribution in [0, 0.1) is 0 Å². The molecule has 6 nitrogen and oxygen atoms in total. The highest BCUT2D eigenvalue weighted by Gasteiger charge is 2.03. The van der Waals surface area contributed by atoms with Gasteiger partial charge in [-0.2, -0.15) is 0 Å². The fourth-order valence-electron chi connectivity index (χ4n) is 2.02. The number of hydrogen-bond acceptors (Lipinski definition) is 4. The van der Waals surface area contributed by atoms with Gasteiger partial charge in [0.15, 0.2) is 5.96 Å². The van der Waals surface area contributed by atoms with Crippen molar-refractivity contribution in [3.8, 4) is 5.75 Å². The topological polar surface area (TPSA) is 64.1 Å². The summed E-state index contributed by atoms with van der Waals surface area (Å²) >= 11 is 6.24. The molecule has 0 unspecified atom stereocenters. The summed E-state index contributed by atoms with van der Waals surface area (Å²) in [5.41, 5.74) is 1.08. The van der Waals surface area contributed by atoms with Gasteiger partial charge in [-0.05, 0) is 30.5 Å². The highest BCUT2D eigenvalue weighted by Crippen LogP contribution is 2.22. The van der Waals surface area contributed by atoms with Gasteiger partial charge in [0.1, 0.15) is 5.75 Å². The van der Waals surface area contributed by atoms with Crippen molar-refractivity contribution in [2.45, 2.75) is 12.8 Å². The van der Waals surface area contributed by atoms with Crippen LogP contribution in [0.25, 0.3) is 0 Å². The smallest absolute Gasteiger partial charge is 0.190 e. The van der Waals surface area contributed by atoms with Gasteiger partial charge in [-0.3, -0.25) is 4.99 Å². The van der Waals surface area contributed by atoms with Crippen LogP contribution in [0.3, 0.4) is 0 Å². The Morgan fingerprint density at radius 2 is 1.92 bits per heavy atom. The van der Waals surface area contributed by atoms with Gasteiger partial charge in [-0.15, -0.1) is 0 Å². The summed E-state index contributed by atoms with van der Waals surface area (Å²) in [6, 6.07) is 5.72. The Morgan fingerprint density at radius 3 is 2.58 bits per heavy atom. The van der Waals surface area contributed by atoms with Crippen LogP contribution in [-0.4, -0.2) is 60.1 Å². The molecule has 0 atom stereocenters. The van der Waals surface area contributed by atoms with Crippen LogP contribution in [-0.2, 0) is 15.9 Å². The maximum Gasteiger partial charge on any atom is 0.190 e. The van der Waals surface area contributed by atoms with Gasteiger partial charge in [-0.1, -0.05) is 17.7 Å². The highest BCUT2D eigenvalue weighted by atomic mass is 35.5. The van der Waals surface area contributed by atoms with E-state index >= 15 is 0 Å². The largest absolute Gasteiger partial charge is 0.497 e. The van der Waals surface area contributed by atoms with Crippen molar-refractivity contribution in [3.63, 3.8) is 0 Å². The van der Waals surface area contributed by atoms with Crippen LogP contribution in [0.2, 0.25) is 5.02 Å². The molecule has 0 bridgehead atoms. The van der Waals surface area contributed by atoms with E-state index < -0.39 is 0 Å². The normalized spacial score (nSPS) is 11.4. The Labute approximate surface area is 149 Å². The first-order chi connectivity index (χ1) is 11.7. The molecule has 0 saturated carbocycles. The number of halogens is 1. The lowest BCUT2D eigenvalue weighted by molar-refractivity contribution is 0.0698. The second kappa shape index (κ2) is 12.9. The van der Waals surface area contributed by atoms with E-state index in [4.69, 9.17) is 25.8 Å². The summed E-state index contributed by atoms with van der Waals surface area (Å²) in [4.78, 5) is 4.20. The number of aliphatic imine (C=N–C) groups is 1. The Balaban J connectivity index is 2.20. The number of benzene rings is 1. The molecule has 0 heterocycles. The lowest BCUT2D eigenvalue weighted by Crippen LogP contribution is -2.39. The summed E-state index contributed by atoms with van der Waals surface area (Å²) in [5.74, 6) is 1.54. The molecule has 136 valence electrons. The lowest BCUT2D eigenvalue weighted by Gasteiger charge is -2.12. The third-order valence-corrected chi connectivity index (χ3v) is 3.71. The van der Waals surface area contributed by atoms with E-state index in [1.807, 2.05) is 18.2 Å². The Hall–Kier alpha value is -1.50. The van der Waals surface area contributed by atoms with Crippen molar-refractivity contribution in [3.05, 3.63) is 28.8 Å². The zero-order valence-corrected chi connectivity index (χ0v) is 15.5. The predicted octanol–water partition coefficient (Wildman–Crippen LogP) is 2.11. The fraction of sp³-hybridized carbons (Fsp3) is 0.588. The van der Waals surface area contributed by atoms with Gasteiger partial charge >= 0.3 is 0 Å². The van der Waals surface area contributed by atoms with Gasteiger partial charge in [0, 0.05) is 38.9 Å². The number of methoxy groups -OCH3 is 2. The molecule has 0 radical (unpaired) electrons. The molecule has 0 aliphatic heterocycles. The van der Waals surface area contributed by atoms with E-state index in [1.54, 1.807) is 21.3 Å². The SMILES string of the molecule is CN=C(NCCCOCCOC)NCCc1ccc(OC)cc1Cl. The molecule has 2 N–H and O–H groups in total. The maximum atomic E-state index is 6.24. The first-order valence-corrected chi connectivity index (χ1v) is 8.42. The van der Waals surface area contributed by atoms with Crippen molar-refractivity contribution in [2.24, 2.45) is 4.99 Å². The van der Waals surface area contributed by atoms with E-state index in [2.05, 4.69) is 15.6 Å². The third kappa shape index (κ3) is 8.38. The molecule has 1 rings (SSSR count). The summed E-state index contributed by atoms with van der Waals surface area (Å²) in [7, 11) is 5.05. The summed E-state index contributed by atoms with van der Waals surface area (Å²) in [6.45, 7) is 3.51. The van der Waals surface area contributed by atoms with Crippen LogP contribution < -0.4 is 15.4 Å². The minimum atomic E-state index is 0.630. The van der Waals surface area contributed by atoms with Gasteiger partial charge in [0.25, 0.3) is 0 Å². The third-order valence-electron chi connectivity index (χ3n) is 3.36. The molecule has 0 aliphatic rings. The zero-order valence-electron chi connectivity index (χ0n) is 14.7. The first-order valence-electron chi connectivity index (χ1n) is 8.05. The average molecular weight is 358 g/mol. The molecular weight excluding hydrogens is 330 g/mol. The zero-order chi connectivity index (χ0) is 17.6. The Morgan fingerprint density at radius 1 is 1.12 bits per heavy atom. The van der Waals surface area contributed by atoms with Crippen LogP contribution in [0.4, 0.5) is 0 Å². The summed E-state index contributed by atoms with van der Waals surface area (Å²) in [6.07, 6.45) is 1.72. The molecule has 1 aromatic carbocycles. The van der Waals surface area contributed by atoms with Crippen LogP contribution in [0.1, 0.15) is 12.0 Å². The van der Waals surface area contributed by atoms with Crippen LogP contribution in [0.15, 0.2) is 23.2 Å². The molecule has 0 aromatic heterocycles.